The Bertz CT molecular complexity index is 264. The van der Waals surface area contributed by atoms with Crippen LogP contribution in [0.5, 0.6) is 0 Å². The molecule has 0 saturated carbocycles. The summed E-state index contributed by atoms with van der Waals surface area (Å²) in [5.74, 6) is 0. The first-order valence-electron chi connectivity index (χ1n) is 3.30. The van der Waals surface area contributed by atoms with E-state index in [0.717, 1.165) is 5.56 Å². The Morgan fingerprint density at radius 1 is 1.27 bits per heavy atom. The monoisotopic (exact) mass is 147 g/mol. The van der Waals surface area contributed by atoms with Crippen LogP contribution in [0.3, 0.4) is 0 Å². The molecule has 1 aromatic rings. The summed E-state index contributed by atoms with van der Waals surface area (Å²) in [7, 11) is 0. The summed E-state index contributed by atoms with van der Waals surface area (Å²) < 4.78 is 0. The van der Waals surface area contributed by atoms with Gasteiger partial charge in [-0.2, -0.15) is 0 Å². The number of nitrogens with two attached hydrogens (primary N) is 1. The van der Waals surface area contributed by atoms with Crippen molar-refractivity contribution < 1.29 is 4.79 Å². The molecule has 11 heavy (non-hydrogen) atoms. The van der Waals surface area contributed by atoms with Crippen LogP contribution in [0.1, 0.15) is 5.56 Å². The lowest BCUT2D eigenvalue weighted by Gasteiger charge is -1.91. The zero-order chi connectivity index (χ0) is 8.10. The highest BCUT2D eigenvalue weighted by Gasteiger charge is 1.86. The highest BCUT2D eigenvalue weighted by Crippen LogP contribution is 2.01. The van der Waals surface area contributed by atoms with Crippen LogP contribution < -0.4 is 5.73 Å². The lowest BCUT2D eigenvalue weighted by Crippen LogP contribution is -1.96. The van der Waals surface area contributed by atoms with Gasteiger partial charge in [0.15, 0.2) is 6.29 Å². The SMILES string of the molecule is N/C(C=O)=C\c1ccccc1. The second kappa shape index (κ2) is 3.56. The van der Waals surface area contributed by atoms with Gasteiger partial charge in [-0.25, -0.2) is 0 Å². The first-order valence-corrected chi connectivity index (χ1v) is 3.30. The van der Waals surface area contributed by atoms with E-state index in [1.807, 2.05) is 30.3 Å². The zero-order valence-corrected chi connectivity index (χ0v) is 6.03. The fourth-order valence-electron chi connectivity index (χ4n) is 0.776. The van der Waals surface area contributed by atoms with E-state index in [9.17, 15) is 4.79 Å². The lowest BCUT2D eigenvalue weighted by atomic mass is 10.2. The molecular weight excluding hydrogens is 138 g/mol. The predicted octanol–water partition coefficient (Wildman–Crippen LogP) is 1.19. The third-order valence-corrected chi connectivity index (χ3v) is 1.27. The number of hydrogen-bond acceptors (Lipinski definition) is 2. The normalized spacial score (nSPS) is 11.1. The van der Waals surface area contributed by atoms with Crippen molar-refractivity contribution >= 4 is 12.4 Å². The van der Waals surface area contributed by atoms with E-state index < -0.39 is 0 Å². The number of rotatable bonds is 2. The van der Waals surface area contributed by atoms with Crippen molar-refractivity contribution in [1.82, 2.24) is 0 Å². The number of carbonyl (C=O) groups excluding carboxylic acids is 1. The van der Waals surface area contributed by atoms with Gasteiger partial charge < -0.3 is 5.73 Å². The lowest BCUT2D eigenvalue weighted by molar-refractivity contribution is -0.104. The van der Waals surface area contributed by atoms with E-state index in [0.29, 0.717) is 6.29 Å². The summed E-state index contributed by atoms with van der Waals surface area (Å²) in [5, 5.41) is 0. The van der Waals surface area contributed by atoms with Gasteiger partial charge in [-0.05, 0) is 11.6 Å². The average Bonchev–Trinajstić information content (AvgIpc) is 2.06. The molecule has 0 radical (unpaired) electrons. The summed E-state index contributed by atoms with van der Waals surface area (Å²) in [4.78, 5) is 10.1. The predicted molar refractivity (Wildman–Crippen MR) is 44.7 cm³/mol. The summed E-state index contributed by atoms with van der Waals surface area (Å²) in [6.07, 6.45) is 2.26. The Kier molecular flexibility index (Phi) is 2.44. The molecule has 0 aromatic heterocycles. The third kappa shape index (κ3) is 2.26. The minimum atomic E-state index is 0.246. The fraction of sp³-hybridized carbons (Fsp3) is 0. The van der Waals surface area contributed by atoms with Crippen molar-refractivity contribution in [3.63, 3.8) is 0 Å². The van der Waals surface area contributed by atoms with Crippen molar-refractivity contribution in [2.24, 2.45) is 5.73 Å². The molecule has 2 N–H and O–H groups in total. The molecule has 0 bridgehead atoms. The highest BCUT2D eigenvalue weighted by molar-refractivity contribution is 5.80. The molecule has 2 heteroatoms. The Labute approximate surface area is 65.3 Å². The molecular formula is C9H9NO. The quantitative estimate of drug-likeness (QED) is 0.504. The molecule has 1 rings (SSSR count). The van der Waals surface area contributed by atoms with Crippen molar-refractivity contribution in [3.05, 3.63) is 41.6 Å². The Morgan fingerprint density at radius 2 is 1.91 bits per heavy atom. The van der Waals surface area contributed by atoms with Gasteiger partial charge in [0.25, 0.3) is 0 Å². The van der Waals surface area contributed by atoms with Gasteiger partial charge in [-0.15, -0.1) is 0 Å². The number of benzene rings is 1. The molecule has 0 amide bonds. The molecule has 0 aliphatic heterocycles. The fourth-order valence-corrected chi connectivity index (χ4v) is 0.776. The summed E-state index contributed by atoms with van der Waals surface area (Å²) in [6.45, 7) is 0. The van der Waals surface area contributed by atoms with Crippen LogP contribution in [0.2, 0.25) is 0 Å². The second-order valence-electron chi connectivity index (χ2n) is 2.17. The number of hydrogen-bond donors (Lipinski definition) is 1. The van der Waals surface area contributed by atoms with E-state index in [-0.39, 0.29) is 5.70 Å². The molecule has 0 spiro atoms. The summed E-state index contributed by atoms with van der Waals surface area (Å²) in [6, 6.07) is 9.47. The average molecular weight is 147 g/mol. The number of carbonyl (C=O) groups is 1. The van der Waals surface area contributed by atoms with E-state index in [1.165, 1.54) is 0 Å². The molecule has 56 valence electrons. The third-order valence-electron chi connectivity index (χ3n) is 1.27. The molecule has 0 fully saturated rings. The smallest absolute Gasteiger partial charge is 0.165 e. The molecule has 0 aliphatic rings. The molecule has 1 aromatic carbocycles. The summed E-state index contributed by atoms with van der Waals surface area (Å²) >= 11 is 0. The van der Waals surface area contributed by atoms with Crippen molar-refractivity contribution in [2.75, 3.05) is 0 Å². The van der Waals surface area contributed by atoms with Crippen molar-refractivity contribution in [1.29, 1.82) is 0 Å². The van der Waals surface area contributed by atoms with Gasteiger partial charge in [0.2, 0.25) is 0 Å². The van der Waals surface area contributed by atoms with Gasteiger partial charge in [0.1, 0.15) is 0 Å². The molecule has 0 unspecified atom stereocenters. The number of aldehydes is 1. The van der Waals surface area contributed by atoms with Gasteiger partial charge in [-0.3, -0.25) is 4.79 Å². The van der Waals surface area contributed by atoms with Crippen molar-refractivity contribution in [2.45, 2.75) is 0 Å². The van der Waals surface area contributed by atoms with Gasteiger partial charge in [0, 0.05) is 0 Å². The highest BCUT2D eigenvalue weighted by atomic mass is 16.1. The summed E-state index contributed by atoms with van der Waals surface area (Å²) in [5.41, 5.74) is 6.49. The molecule has 0 saturated heterocycles. The maximum atomic E-state index is 10.1. The van der Waals surface area contributed by atoms with Gasteiger partial charge in [-0.1, -0.05) is 30.3 Å². The largest absolute Gasteiger partial charge is 0.396 e. The van der Waals surface area contributed by atoms with E-state index in [1.54, 1.807) is 6.08 Å². The first-order chi connectivity index (χ1) is 5.33. The van der Waals surface area contributed by atoms with Crippen LogP contribution in [0, 0.1) is 0 Å². The Hall–Kier alpha value is -1.57. The minimum absolute atomic E-state index is 0.246. The topological polar surface area (TPSA) is 43.1 Å². The van der Waals surface area contributed by atoms with E-state index >= 15 is 0 Å². The number of allylic oxidation sites excluding steroid dienone is 1. The Morgan fingerprint density at radius 3 is 2.45 bits per heavy atom. The molecule has 0 aliphatic carbocycles. The van der Waals surface area contributed by atoms with Gasteiger partial charge in [0.05, 0.1) is 5.70 Å². The standard InChI is InChI=1S/C9H9NO/c10-9(7-11)6-8-4-2-1-3-5-8/h1-7H,10H2/b9-6-. The van der Waals surface area contributed by atoms with Gasteiger partial charge >= 0.3 is 0 Å². The zero-order valence-electron chi connectivity index (χ0n) is 6.03. The van der Waals surface area contributed by atoms with E-state index in [4.69, 9.17) is 5.73 Å². The van der Waals surface area contributed by atoms with Crippen molar-refractivity contribution in [3.8, 4) is 0 Å². The van der Waals surface area contributed by atoms with Crippen LogP contribution >= 0.6 is 0 Å². The van der Waals surface area contributed by atoms with Crippen LogP contribution in [-0.4, -0.2) is 6.29 Å². The van der Waals surface area contributed by atoms with E-state index in [2.05, 4.69) is 0 Å². The van der Waals surface area contributed by atoms with Crippen LogP contribution in [0.15, 0.2) is 36.0 Å². The second-order valence-corrected chi connectivity index (χ2v) is 2.17. The van der Waals surface area contributed by atoms with Crippen LogP contribution in [0.25, 0.3) is 6.08 Å². The van der Waals surface area contributed by atoms with Crippen LogP contribution in [-0.2, 0) is 4.79 Å². The Balaban J connectivity index is 2.87. The first kappa shape index (κ1) is 7.54. The maximum absolute atomic E-state index is 10.1. The maximum Gasteiger partial charge on any atom is 0.165 e. The molecule has 2 nitrogen and oxygen atoms in total. The molecule has 0 heterocycles. The van der Waals surface area contributed by atoms with Crippen LogP contribution in [0.4, 0.5) is 0 Å². The minimum Gasteiger partial charge on any atom is -0.396 e. The molecule has 0 atom stereocenters.